The summed E-state index contributed by atoms with van der Waals surface area (Å²) in [5, 5.41) is 9.66. The molecule has 2 aromatic heterocycles. The van der Waals surface area contributed by atoms with Crippen LogP contribution in [0.15, 0.2) is 42.6 Å². The predicted molar refractivity (Wildman–Crippen MR) is 97.4 cm³/mol. The van der Waals surface area contributed by atoms with Crippen molar-refractivity contribution >= 4 is 17.2 Å². The van der Waals surface area contributed by atoms with Crippen LogP contribution in [0.25, 0.3) is 5.65 Å². The average Bonchev–Trinajstić information content (AvgIpc) is 3.28. The van der Waals surface area contributed by atoms with Crippen molar-refractivity contribution in [3.05, 3.63) is 53.4 Å². The van der Waals surface area contributed by atoms with Crippen LogP contribution in [-0.4, -0.2) is 14.6 Å². The Morgan fingerprint density at radius 2 is 1.76 bits per heavy atom. The Labute approximate surface area is 151 Å². The molecule has 2 saturated carbocycles. The fraction of sp³-hybridized carbons (Fsp3) is 0.400. The molecule has 0 unspecified atom stereocenters. The van der Waals surface area contributed by atoms with Gasteiger partial charge >= 0.3 is 0 Å². The summed E-state index contributed by atoms with van der Waals surface area (Å²) in [5.41, 5.74) is 1.42. The van der Waals surface area contributed by atoms with Gasteiger partial charge in [0.25, 0.3) is 0 Å². The van der Waals surface area contributed by atoms with Crippen LogP contribution in [0.4, 0.5) is 0 Å². The second kappa shape index (κ2) is 5.21. The molecule has 2 aliphatic carbocycles. The van der Waals surface area contributed by atoms with Crippen molar-refractivity contribution in [1.82, 2.24) is 14.6 Å². The summed E-state index contributed by atoms with van der Waals surface area (Å²) >= 11 is 6.23. The number of pyridine rings is 1. The average molecular weight is 354 g/mol. The van der Waals surface area contributed by atoms with Crippen molar-refractivity contribution in [2.45, 2.75) is 44.4 Å². The number of fused-ring (bicyclic) bond motifs is 3. The first-order valence-electron chi connectivity index (χ1n) is 8.85. The highest BCUT2D eigenvalue weighted by molar-refractivity contribution is 6.32. The summed E-state index contributed by atoms with van der Waals surface area (Å²) in [6.45, 7) is 2.41. The van der Waals surface area contributed by atoms with E-state index in [1.165, 1.54) is 32.1 Å². The minimum atomic E-state index is 0.178. The van der Waals surface area contributed by atoms with Crippen LogP contribution in [-0.2, 0) is 5.41 Å². The monoisotopic (exact) mass is 353 g/mol. The van der Waals surface area contributed by atoms with Crippen molar-refractivity contribution in [3.8, 4) is 11.5 Å². The van der Waals surface area contributed by atoms with Gasteiger partial charge in [0, 0.05) is 11.6 Å². The highest BCUT2D eigenvalue weighted by Crippen LogP contribution is 2.61. The van der Waals surface area contributed by atoms with Gasteiger partial charge in [-0.3, -0.25) is 4.40 Å². The van der Waals surface area contributed by atoms with E-state index in [4.69, 9.17) is 16.3 Å². The Kier molecular flexibility index (Phi) is 3.17. The van der Waals surface area contributed by atoms with Crippen LogP contribution < -0.4 is 4.74 Å². The van der Waals surface area contributed by atoms with Crippen molar-refractivity contribution in [1.29, 1.82) is 0 Å². The Morgan fingerprint density at radius 3 is 2.48 bits per heavy atom. The second-order valence-electron chi connectivity index (χ2n) is 7.89. The van der Waals surface area contributed by atoms with Crippen molar-refractivity contribution in [3.63, 3.8) is 0 Å². The standard InChI is InChI=1S/C20H20ClN3O/c1-19-8-10-20(13-19,11-9-19)18-23-22-17-16(7-4-12-24(17)18)25-15-6-3-2-5-14(15)21/h2-7,12H,8-11,13H2,1H3. The van der Waals surface area contributed by atoms with Gasteiger partial charge in [0.05, 0.1) is 5.02 Å². The van der Waals surface area contributed by atoms with Crippen molar-refractivity contribution in [2.75, 3.05) is 0 Å². The van der Waals surface area contributed by atoms with E-state index in [9.17, 15) is 0 Å². The molecule has 3 aromatic rings. The lowest BCUT2D eigenvalue weighted by Gasteiger charge is -2.24. The number of halogens is 1. The molecule has 0 radical (unpaired) electrons. The van der Waals surface area contributed by atoms with Crippen LogP contribution in [0, 0.1) is 5.41 Å². The molecule has 2 heterocycles. The van der Waals surface area contributed by atoms with Crippen LogP contribution >= 0.6 is 11.6 Å². The van der Waals surface area contributed by atoms with E-state index in [0.29, 0.717) is 21.9 Å². The minimum Gasteiger partial charge on any atom is -0.452 e. The zero-order chi connectivity index (χ0) is 17.1. The summed E-state index contributed by atoms with van der Waals surface area (Å²) in [6, 6.07) is 11.4. The molecule has 0 spiro atoms. The molecule has 2 bridgehead atoms. The first-order chi connectivity index (χ1) is 12.1. The van der Waals surface area contributed by atoms with E-state index in [1.807, 2.05) is 42.6 Å². The lowest BCUT2D eigenvalue weighted by atomic mass is 9.82. The number of para-hydroxylation sites is 1. The smallest absolute Gasteiger partial charge is 0.203 e. The Hall–Kier alpha value is -2.07. The third-order valence-electron chi connectivity index (χ3n) is 6.11. The van der Waals surface area contributed by atoms with Crippen LogP contribution in [0.1, 0.15) is 44.9 Å². The van der Waals surface area contributed by atoms with E-state index in [0.717, 1.165) is 11.5 Å². The molecule has 4 nitrogen and oxygen atoms in total. The van der Waals surface area contributed by atoms with Crippen LogP contribution in [0.3, 0.4) is 0 Å². The lowest BCUT2D eigenvalue weighted by molar-refractivity contribution is 0.325. The van der Waals surface area contributed by atoms with Gasteiger partial charge in [-0.2, -0.15) is 0 Å². The first-order valence-corrected chi connectivity index (χ1v) is 9.23. The summed E-state index contributed by atoms with van der Waals surface area (Å²) in [6.07, 6.45) is 8.26. The number of rotatable bonds is 3. The van der Waals surface area contributed by atoms with Gasteiger partial charge in [0.1, 0.15) is 11.6 Å². The van der Waals surface area contributed by atoms with Crippen molar-refractivity contribution < 1.29 is 4.74 Å². The van der Waals surface area contributed by atoms with E-state index < -0.39 is 0 Å². The summed E-state index contributed by atoms with van der Waals surface area (Å²) in [5.74, 6) is 2.41. The highest BCUT2D eigenvalue weighted by Gasteiger charge is 2.54. The zero-order valence-corrected chi connectivity index (χ0v) is 15.0. The molecule has 2 fully saturated rings. The number of hydrogen-bond donors (Lipinski definition) is 0. The molecule has 0 aliphatic heterocycles. The quantitative estimate of drug-likeness (QED) is 0.633. The number of nitrogens with zero attached hydrogens (tertiary/aromatic N) is 3. The molecule has 0 N–H and O–H groups in total. The third-order valence-corrected chi connectivity index (χ3v) is 6.42. The molecule has 25 heavy (non-hydrogen) atoms. The molecule has 128 valence electrons. The fourth-order valence-corrected chi connectivity index (χ4v) is 4.96. The van der Waals surface area contributed by atoms with Crippen LogP contribution in [0.2, 0.25) is 5.02 Å². The molecule has 5 rings (SSSR count). The third kappa shape index (κ3) is 2.27. The van der Waals surface area contributed by atoms with Gasteiger partial charge in [-0.25, -0.2) is 0 Å². The molecular weight excluding hydrogens is 334 g/mol. The van der Waals surface area contributed by atoms with E-state index >= 15 is 0 Å². The lowest BCUT2D eigenvalue weighted by Crippen LogP contribution is -2.23. The minimum absolute atomic E-state index is 0.178. The predicted octanol–water partition coefficient (Wildman–Crippen LogP) is 5.40. The molecule has 2 aliphatic rings. The Balaban J connectivity index is 1.58. The zero-order valence-electron chi connectivity index (χ0n) is 14.2. The molecule has 1 aromatic carbocycles. The molecule has 0 atom stereocenters. The van der Waals surface area contributed by atoms with Gasteiger partial charge in [0.15, 0.2) is 5.75 Å². The topological polar surface area (TPSA) is 39.4 Å². The normalized spacial score (nSPS) is 27.9. The molecule has 0 amide bonds. The fourth-order valence-electron chi connectivity index (χ4n) is 4.78. The highest BCUT2D eigenvalue weighted by atomic mass is 35.5. The van der Waals surface area contributed by atoms with Gasteiger partial charge in [0.2, 0.25) is 5.65 Å². The number of hydrogen-bond acceptors (Lipinski definition) is 3. The molecule has 5 heteroatoms. The number of aromatic nitrogens is 3. The van der Waals surface area contributed by atoms with Gasteiger partial charge in [-0.1, -0.05) is 30.7 Å². The van der Waals surface area contributed by atoms with Gasteiger partial charge < -0.3 is 4.74 Å². The summed E-state index contributed by atoms with van der Waals surface area (Å²) in [7, 11) is 0. The van der Waals surface area contributed by atoms with Crippen molar-refractivity contribution in [2.24, 2.45) is 5.41 Å². The Morgan fingerprint density at radius 1 is 1.00 bits per heavy atom. The Bertz CT molecular complexity index is 956. The maximum Gasteiger partial charge on any atom is 0.203 e. The van der Waals surface area contributed by atoms with E-state index in [1.54, 1.807) is 0 Å². The van der Waals surface area contributed by atoms with Crippen LogP contribution in [0.5, 0.6) is 11.5 Å². The first kappa shape index (κ1) is 15.2. The molecule has 0 saturated heterocycles. The number of ether oxygens (including phenoxy) is 1. The second-order valence-corrected chi connectivity index (χ2v) is 8.30. The summed E-state index contributed by atoms with van der Waals surface area (Å²) in [4.78, 5) is 0. The number of benzene rings is 1. The van der Waals surface area contributed by atoms with Gasteiger partial charge in [-0.15, -0.1) is 10.2 Å². The molecular formula is C20H20ClN3O. The van der Waals surface area contributed by atoms with Gasteiger partial charge in [-0.05, 0) is 61.8 Å². The SMILES string of the molecule is CC12CCC(c3nnc4c(Oc5ccccc5Cl)cccn34)(CC1)C2. The van der Waals surface area contributed by atoms with E-state index in [-0.39, 0.29) is 5.41 Å². The van der Waals surface area contributed by atoms with E-state index in [2.05, 4.69) is 21.5 Å². The summed E-state index contributed by atoms with van der Waals surface area (Å²) < 4.78 is 8.15. The largest absolute Gasteiger partial charge is 0.452 e. The maximum absolute atomic E-state index is 6.23. The maximum atomic E-state index is 6.23.